The van der Waals surface area contributed by atoms with Gasteiger partial charge in [0.25, 0.3) is 0 Å². The van der Waals surface area contributed by atoms with Crippen LogP contribution in [0.25, 0.3) is 0 Å². The van der Waals surface area contributed by atoms with Gasteiger partial charge in [0.15, 0.2) is 5.82 Å². The zero-order valence-corrected chi connectivity index (χ0v) is 10.2. The Morgan fingerprint density at radius 1 is 1.53 bits per heavy atom. The van der Waals surface area contributed by atoms with Gasteiger partial charge in [-0.25, -0.2) is 9.18 Å². The van der Waals surface area contributed by atoms with Crippen LogP contribution in [0.5, 0.6) is 0 Å². The number of ether oxygens (including phenoxy) is 1. The maximum atomic E-state index is 13.4. The first-order valence-electron chi connectivity index (χ1n) is 5.21. The number of hydrogen-bond donors (Lipinski definition) is 2. The van der Waals surface area contributed by atoms with E-state index < -0.39 is 11.8 Å². The summed E-state index contributed by atoms with van der Waals surface area (Å²) < 4.78 is 18.4. The minimum absolute atomic E-state index is 0.0304. The molecule has 0 fully saturated rings. The van der Waals surface area contributed by atoms with Crippen LogP contribution >= 0.6 is 11.6 Å². The summed E-state index contributed by atoms with van der Waals surface area (Å²) in [4.78, 5) is 11.4. The molecule has 2 N–H and O–H groups in total. The summed E-state index contributed by atoms with van der Waals surface area (Å²) in [5.41, 5.74) is 0.0476. The molecule has 0 bridgehead atoms. The van der Waals surface area contributed by atoms with Crippen LogP contribution in [0.4, 0.5) is 14.9 Å². The summed E-state index contributed by atoms with van der Waals surface area (Å²) in [6.45, 7) is 3.23. The molecule has 2 amide bonds. The lowest BCUT2D eigenvalue weighted by Crippen LogP contribution is -2.31. The largest absolute Gasteiger partial charge is 0.380 e. The molecule has 0 atom stereocenters. The fourth-order valence-electron chi connectivity index (χ4n) is 1.15. The summed E-state index contributed by atoms with van der Waals surface area (Å²) in [5.74, 6) is -0.644. The summed E-state index contributed by atoms with van der Waals surface area (Å²) in [6.07, 6.45) is 0. The number of carbonyl (C=O) groups excluding carboxylic acids is 1. The predicted molar refractivity (Wildman–Crippen MR) is 64.9 cm³/mol. The smallest absolute Gasteiger partial charge is 0.319 e. The van der Waals surface area contributed by atoms with Crippen molar-refractivity contribution in [1.29, 1.82) is 0 Å². The van der Waals surface area contributed by atoms with Crippen molar-refractivity contribution in [3.05, 3.63) is 29.0 Å². The second kappa shape index (κ2) is 7.09. The lowest BCUT2D eigenvalue weighted by molar-refractivity contribution is 0.150. The van der Waals surface area contributed by atoms with Crippen molar-refractivity contribution in [2.45, 2.75) is 6.92 Å². The Hall–Kier alpha value is -1.33. The van der Waals surface area contributed by atoms with E-state index in [1.807, 2.05) is 6.92 Å². The highest BCUT2D eigenvalue weighted by Gasteiger charge is 2.08. The summed E-state index contributed by atoms with van der Waals surface area (Å²) in [7, 11) is 0. The van der Waals surface area contributed by atoms with Gasteiger partial charge in [0.2, 0.25) is 0 Å². The normalized spacial score (nSPS) is 10.1. The first-order valence-corrected chi connectivity index (χ1v) is 5.59. The van der Waals surface area contributed by atoms with Gasteiger partial charge in [-0.05, 0) is 19.1 Å². The number of amides is 2. The number of carbonyl (C=O) groups is 1. The molecule has 4 nitrogen and oxygen atoms in total. The van der Waals surface area contributed by atoms with Crippen molar-refractivity contribution >= 4 is 23.3 Å². The van der Waals surface area contributed by atoms with Crippen LogP contribution in [0.3, 0.4) is 0 Å². The first kappa shape index (κ1) is 13.7. The molecule has 0 spiro atoms. The van der Waals surface area contributed by atoms with Crippen LogP contribution in [-0.2, 0) is 4.74 Å². The fraction of sp³-hybridized carbons (Fsp3) is 0.364. The lowest BCUT2D eigenvalue weighted by Gasteiger charge is -2.08. The minimum Gasteiger partial charge on any atom is -0.380 e. The van der Waals surface area contributed by atoms with Crippen LogP contribution in [0.15, 0.2) is 18.2 Å². The van der Waals surface area contributed by atoms with E-state index >= 15 is 0 Å². The van der Waals surface area contributed by atoms with Gasteiger partial charge in [0.05, 0.1) is 17.3 Å². The van der Waals surface area contributed by atoms with Gasteiger partial charge in [-0.3, -0.25) is 0 Å². The average molecular weight is 261 g/mol. The van der Waals surface area contributed by atoms with E-state index in [0.717, 1.165) is 0 Å². The molecule has 1 aromatic rings. The van der Waals surface area contributed by atoms with E-state index in [9.17, 15) is 9.18 Å². The summed E-state index contributed by atoms with van der Waals surface area (Å²) in [5, 5.41) is 4.86. The number of urea groups is 1. The second-order valence-electron chi connectivity index (χ2n) is 3.18. The maximum Gasteiger partial charge on any atom is 0.319 e. The summed E-state index contributed by atoms with van der Waals surface area (Å²) in [6, 6.07) is 3.91. The standard InChI is InChI=1S/C11H14ClFN2O2/c1-2-17-7-6-14-11(16)15-9-5-3-4-8(12)10(9)13/h3-5H,2,6-7H2,1H3,(H2,14,15,16). The van der Waals surface area contributed by atoms with Gasteiger partial charge >= 0.3 is 6.03 Å². The van der Waals surface area contributed by atoms with Gasteiger partial charge in [0, 0.05) is 13.2 Å². The maximum absolute atomic E-state index is 13.4. The molecule has 6 heteroatoms. The number of hydrogen-bond acceptors (Lipinski definition) is 2. The van der Waals surface area contributed by atoms with Gasteiger partial charge < -0.3 is 15.4 Å². The van der Waals surface area contributed by atoms with Crippen molar-refractivity contribution in [2.75, 3.05) is 25.1 Å². The number of nitrogens with one attached hydrogen (secondary N) is 2. The molecule has 0 aliphatic carbocycles. The van der Waals surface area contributed by atoms with E-state index in [1.54, 1.807) is 6.07 Å². The molecule has 0 aliphatic heterocycles. The van der Waals surface area contributed by atoms with E-state index in [1.165, 1.54) is 12.1 Å². The molecule has 94 valence electrons. The van der Waals surface area contributed by atoms with Crippen LogP contribution in [0.2, 0.25) is 5.02 Å². The third-order valence-electron chi connectivity index (χ3n) is 1.94. The van der Waals surface area contributed by atoms with E-state index in [2.05, 4.69) is 10.6 Å². The third-order valence-corrected chi connectivity index (χ3v) is 2.23. The van der Waals surface area contributed by atoms with Crippen molar-refractivity contribution in [3.63, 3.8) is 0 Å². The average Bonchev–Trinajstić information content (AvgIpc) is 2.31. The van der Waals surface area contributed by atoms with Crippen molar-refractivity contribution in [2.24, 2.45) is 0 Å². The minimum atomic E-state index is -0.644. The Kier molecular flexibility index (Phi) is 5.72. The topological polar surface area (TPSA) is 50.4 Å². The van der Waals surface area contributed by atoms with Crippen LogP contribution in [0, 0.1) is 5.82 Å². The Morgan fingerprint density at radius 2 is 2.29 bits per heavy atom. The van der Waals surface area contributed by atoms with Gasteiger partial charge in [0.1, 0.15) is 0 Å². The van der Waals surface area contributed by atoms with Gasteiger partial charge in [-0.2, -0.15) is 0 Å². The van der Waals surface area contributed by atoms with Crippen LogP contribution in [-0.4, -0.2) is 25.8 Å². The third kappa shape index (κ3) is 4.58. The second-order valence-corrected chi connectivity index (χ2v) is 3.59. The molecule has 0 radical (unpaired) electrons. The number of rotatable bonds is 5. The molecular formula is C11H14ClFN2O2. The summed E-state index contributed by atoms with van der Waals surface area (Å²) >= 11 is 5.58. The highest BCUT2D eigenvalue weighted by atomic mass is 35.5. The SMILES string of the molecule is CCOCCNC(=O)Nc1cccc(Cl)c1F. The highest BCUT2D eigenvalue weighted by molar-refractivity contribution is 6.31. The van der Waals surface area contributed by atoms with Crippen molar-refractivity contribution in [3.8, 4) is 0 Å². The Morgan fingerprint density at radius 3 is 3.00 bits per heavy atom. The molecule has 1 rings (SSSR count). The lowest BCUT2D eigenvalue weighted by atomic mass is 10.3. The van der Waals surface area contributed by atoms with E-state index in [-0.39, 0.29) is 10.7 Å². The quantitative estimate of drug-likeness (QED) is 0.800. The Labute approximate surface area is 104 Å². The fourth-order valence-corrected chi connectivity index (χ4v) is 1.32. The zero-order chi connectivity index (χ0) is 12.7. The molecule has 0 unspecified atom stereocenters. The van der Waals surface area contributed by atoms with Gasteiger partial charge in [-0.15, -0.1) is 0 Å². The van der Waals surface area contributed by atoms with Gasteiger partial charge in [-0.1, -0.05) is 17.7 Å². The monoisotopic (exact) mass is 260 g/mol. The molecule has 1 aromatic carbocycles. The highest BCUT2D eigenvalue weighted by Crippen LogP contribution is 2.21. The molecular weight excluding hydrogens is 247 g/mol. The van der Waals surface area contributed by atoms with Crippen molar-refractivity contribution in [1.82, 2.24) is 5.32 Å². The van der Waals surface area contributed by atoms with Crippen LogP contribution < -0.4 is 10.6 Å². The molecule has 0 aliphatic rings. The molecule has 17 heavy (non-hydrogen) atoms. The Balaban J connectivity index is 2.43. The predicted octanol–water partition coefficient (Wildman–Crippen LogP) is 2.64. The van der Waals surface area contributed by atoms with Crippen LogP contribution in [0.1, 0.15) is 6.92 Å². The Bertz CT molecular complexity index is 388. The molecule has 0 aromatic heterocycles. The molecule has 0 heterocycles. The number of halogens is 2. The van der Waals surface area contributed by atoms with Crippen molar-refractivity contribution < 1.29 is 13.9 Å². The molecule has 0 saturated heterocycles. The number of anilines is 1. The first-order chi connectivity index (χ1) is 8.15. The number of benzene rings is 1. The molecule has 0 saturated carbocycles. The van der Waals surface area contributed by atoms with E-state index in [4.69, 9.17) is 16.3 Å². The van der Waals surface area contributed by atoms with E-state index in [0.29, 0.717) is 19.8 Å². The zero-order valence-electron chi connectivity index (χ0n) is 9.43.